The minimum absolute atomic E-state index is 0.00861. The van der Waals surface area contributed by atoms with Gasteiger partial charge in [-0.05, 0) is 172 Å². The van der Waals surface area contributed by atoms with Gasteiger partial charge in [0.25, 0.3) is 29.6 Å². The molecule has 0 saturated carbocycles. The Labute approximate surface area is 817 Å². The Morgan fingerprint density at radius 2 is 0.727 bits per heavy atom. The molecule has 808 valence electrons. The molecule has 30 nitrogen and oxygen atoms in total. The van der Waals surface area contributed by atoms with Gasteiger partial charge in [-0.3, -0.25) is 53.7 Å². The molecule has 13 unspecified atom stereocenters. The summed E-state index contributed by atoms with van der Waals surface area (Å²) in [6, 6.07) is -0.449. The Kier molecular flexibility index (Phi) is 54.9. The third kappa shape index (κ3) is 51.7. The lowest BCUT2D eigenvalue weighted by Crippen LogP contribution is -2.47. The number of nitrogens with zero attached hydrogens (tertiary/aromatic N) is 9. The van der Waals surface area contributed by atoms with Crippen LogP contribution >= 0.6 is 23.5 Å². The molecule has 0 aromatic heterocycles. The molecular formula is C93H155F14N9O21S2. The van der Waals surface area contributed by atoms with Gasteiger partial charge in [-0.1, -0.05) is 24.3 Å². The van der Waals surface area contributed by atoms with E-state index in [1.54, 1.807) is 30.6 Å². The maximum atomic E-state index is 13.4. The van der Waals surface area contributed by atoms with Gasteiger partial charge >= 0.3 is 53.7 Å². The van der Waals surface area contributed by atoms with Gasteiger partial charge in [-0.15, -0.1) is 23.5 Å². The predicted molar refractivity (Wildman–Crippen MR) is 503 cm³/mol. The Balaban J connectivity index is 0.000000782. The van der Waals surface area contributed by atoms with E-state index in [1.165, 1.54) is 35.7 Å². The van der Waals surface area contributed by atoms with Crippen LogP contribution in [0.3, 0.4) is 0 Å². The fraction of sp³-hybridized carbons (Fsp3) is 0.817. The molecule has 9 saturated heterocycles. The largest absolute Gasteiger partial charge is 0.481 e. The van der Waals surface area contributed by atoms with Gasteiger partial charge in [0.1, 0.15) is 50.6 Å². The number of rotatable bonds is 32. The van der Waals surface area contributed by atoms with Crippen molar-refractivity contribution in [3.8, 4) is 0 Å². The zero-order chi connectivity index (χ0) is 108. The summed E-state index contributed by atoms with van der Waals surface area (Å²) in [6.45, 7) is 42.5. The van der Waals surface area contributed by atoms with Gasteiger partial charge in [0.15, 0.2) is 0 Å². The molecule has 9 N–H and O–H groups in total. The van der Waals surface area contributed by atoms with E-state index in [9.17, 15) is 105 Å². The zero-order valence-corrected chi connectivity index (χ0v) is 85.8. The predicted octanol–water partition coefficient (Wildman–Crippen LogP) is 14.1. The van der Waals surface area contributed by atoms with Crippen LogP contribution in [0.2, 0.25) is 0 Å². The van der Waals surface area contributed by atoms with Crippen LogP contribution in [0.4, 0.5) is 61.5 Å². The first-order chi connectivity index (χ1) is 63.3. The first-order valence-electron chi connectivity index (χ1n) is 46.2. The minimum atomic E-state index is -2.96. The Morgan fingerprint density at radius 3 is 1.12 bits per heavy atom. The number of alkyl halides is 14. The fourth-order valence-corrected chi connectivity index (χ4v) is 18.6. The van der Waals surface area contributed by atoms with Crippen molar-refractivity contribution in [2.75, 3.05) is 135 Å². The number of thioether (sulfide) groups is 2. The van der Waals surface area contributed by atoms with E-state index in [2.05, 4.69) is 30.4 Å². The zero-order valence-electron chi connectivity index (χ0n) is 84.2. The highest BCUT2D eigenvalue weighted by atomic mass is 32.2. The second-order valence-electron chi connectivity index (χ2n) is 41.3. The summed E-state index contributed by atoms with van der Waals surface area (Å²) >= 11 is 2.58. The van der Waals surface area contributed by atoms with Crippen molar-refractivity contribution in [1.82, 2.24) is 44.1 Å². The van der Waals surface area contributed by atoms with Crippen LogP contribution < -0.4 is 0 Å². The maximum absolute atomic E-state index is 13.4. The number of carboxylic acid groups (broad SMARTS) is 9. The van der Waals surface area contributed by atoms with Gasteiger partial charge in [-0.2, -0.15) is 0 Å². The maximum Gasteiger partial charge on any atom is 0.329 e. The molecule has 0 radical (unpaired) electrons. The lowest BCUT2D eigenvalue weighted by atomic mass is 10.1. The molecule has 0 aromatic carbocycles. The van der Waals surface area contributed by atoms with Crippen molar-refractivity contribution in [3.63, 3.8) is 0 Å². The Bertz CT molecular complexity index is 3790. The lowest BCUT2D eigenvalue weighted by molar-refractivity contribution is -0.153. The van der Waals surface area contributed by atoms with Crippen LogP contribution in [0.1, 0.15) is 191 Å². The SMILES string of the molecule is CC(C)(C)N1CC(F)(F)CC1COCC(=O)O.CC(C)(C)N1CC(F)(F)CC1CSCC(=O)O.CC(C)(C)N1CC(F)CC1COCC(=O)O.CC(C)(C)N1CC(F)CC1CSCC(=O)O.CC(C)N1CC(/C=C/C(=O)O)C(F)(F)C1.CC(C)N1CC(F)(F)CC1/C=C/C(=O)O.CC(C)N1CC(F)C(/C=C/C(=O)O)C1.CC(C)N1CC(F)CC1/C=C/C(=O)O.CC(C)N1CC(OCC(=O)O)C(F)(F)C1. The average molecular weight is 2070 g/mol. The van der Waals surface area contributed by atoms with E-state index < -0.39 is 145 Å². The molecule has 0 amide bonds. The monoisotopic (exact) mass is 2060 g/mol. The van der Waals surface area contributed by atoms with Crippen LogP contribution in [0.15, 0.2) is 48.6 Å². The average Bonchev–Trinajstić information content (AvgIpc) is 1.65. The highest BCUT2D eigenvalue weighted by molar-refractivity contribution is 8.00. The highest BCUT2D eigenvalue weighted by Gasteiger charge is 2.53. The van der Waals surface area contributed by atoms with Gasteiger partial charge in [0, 0.05) is 195 Å². The van der Waals surface area contributed by atoms with E-state index >= 15 is 0 Å². The minimum Gasteiger partial charge on any atom is -0.481 e. The number of carboxylic acids is 9. The van der Waals surface area contributed by atoms with Crippen LogP contribution in [-0.2, 0) is 57.4 Å². The quantitative estimate of drug-likeness (QED) is 0.0223. The van der Waals surface area contributed by atoms with Crippen molar-refractivity contribution in [1.29, 1.82) is 0 Å². The van der Waals surface area contributed by atoms with Crippen LogP contribution in [0, 0.1) is 11.8 Å². The number of aliphatic carboxylic acids is 9. The molecule has 9 aliphatic rings. The molecule has 0 spiro atoms. The highest BCUT2D eigenvalue weighted by Crippen LogP contribution is 2.42. The molecule has 0 aromatic rings. The molecule has 9 fully saturated rings. The number of halogens is 14. The number of carbonyl (C=O) groups is 9. The molecule has 46 heteroatoms. The fourth-order valence-electron chi connectivity index (χ4n) is 16.9. The van der Waals surface area contributed by atoms with Crippen molar-refractivity contribution in [3.05, 3.63) is 48.6 Å². The molecule has 9 aliphatic heterocycles. The molecular weight excluding hydrogens is 1910 g/mol. The third-order valence-electron chi connectivity index (χ3n) is 23.5. The van der Waals surface area contributed by atoms with Crippen LogP contribution in [-0.4, -0.2) is 427 Å². The van der Waals surface area contributed by atoms with E-state index in [-0.39, 0.29) is 173 Å². The summed E-state index contributed by atoms with van der Waals surface area (Å²) < 4.78 is 201. The van der Waals surface area contributed by atoms with Gasteiger partial charge in [-0.25, -0.2) is 95.0 Å². The summed E-state index contributed by atoms with van der Waals surface area (Å²) in [5, 5.41) is 76.0. The second kappa shape index (κ2) is 58.5. The van der Waals surface area contributed by atoms with Gasteiger partial charge < -0.3 is 60.2 Å². The molecule has 0 aliphatic carbocycles. The lowest BCUT2D eigenvalue weighted by Gasteiger charge is -2.36. The normalized spacial score (nSPS) is 26.8. The van der Waals surface area contributed by atoms with Gasteiger partial charge in [0.2, 0.25) is 0 Å². The molecule has 139 heavy (non-hydrogen) atoms. The first-order valence-corrected chi connectivity index (χ1v) is 48.6. The smallest absolute Gasteiger partial charge is 0.329 e. The van der Waals surface area contributed by atoms with E-state index in [1.807, 2.05) is 146 Å². The number of likely N-dealkylation sites (tertiary alicyclic amines) is 9. The summed E-state index contributed by atoms with van der Waals surface area (Å²) in [4.78, 5) is 109. The van der Waals surface area contributed by atoms with E-state index in [0.29, 0.717) is 69.5 Å². The summed E-state index contributed by atoms with van der Waals surface area (Å²) in [5.74, 6) is -23.2. The van der Waals surface area contributed by atoms with Crippen LogP contribution in [0.5, 0.6) is 0 Å². The molecule has 13 atom stereocenters. The van der Waals surface area contributed by atoms with E-state index in [0.717, 1.165) is 30.4 Å². The van der Waals surface area contributed by atoms with Crippen molar-refractivity contribution >= 4 is 77.2 Å². The number of hydrogen-bond acceptors (Lipinski definition) is 23. The number of hydrogen-bond donors (Lipinski definition) is 9. The van der Waals surface area contributed by atoms with Crippen molar-refractivity contribution < 1.29 is 165 Å². The summed E-state index contributed by atoms with van der Waals surface area (Å²) in [5.41, 5.74) is -0.848. The third-order valence-corrected chi connectivity index (χ3v) is 25.7. The topological polar surface area (TPSA) is 393 Å². The van der Waals surface area contributed by atoms with Crippen LogP contribution in [0.25, 0.3) is 0 Å². The van der Waals surface area contributed by atoms with Crippen molar-refractivity contribution in [2.24, 2.45) is 11.8 Å². The first kappa shape index (κ1) is 130. The molecule has 9 rings (SSSR count). The Hall–Kier alpha value is -6.57. The second-order valence-corrected chi connectivity index (χ2v) is 43.3. The van der Waals surface area contributed by atoms with E-state index in [4.69, 9.17) is 55.4 Å². The molecule has 0 bridgehead atoms. The Morgan fingerprint density at radius 1 is 0.360 bits per heavy atom. The number of ether oxygens (including phenoxy) is 3. The van der Waals surface area contributed by atoms with Crippen molar-refractivity contribution in [2.45, 2.75) is 340 Å². The molecule has 9 heterocycles. The van der Waals surface area contributed by atoms with Gasteiger partial charge in [0.05, 0.1) is 63.4 Å². The summed E-state index contributed by atoms with van der Waals surface area (Å²) in [7, 11) is 0. The summed E-state index contributed by atoms with van der Waals surface area (Å²) in [6.07, 6.45) is 5.24. The standard InChI is InChI=1S/C11H19F2NO3.C11H19F2NO2S.C11H20FNO3.C11H20FNO2S.2C10H15F2NO2.2C10H16FNO2.C9H15F2NO3/c2*1-10(2,3)14-7-11(12,13)4-8(14)5-17-6-9(15)16;2*1-11(2,3)13-5-8(12)4-9(13)6-16-7-10(14)15;1-7(2)13-5-8(3-4-9(14)15)10(11,12)6-13;1-7(2)13-6-10(11,12)5-8(13)3-4-9(14)15;1-7(2)12-6-8(11)5-9(12)3-4-10(13)14;1-7(2)12-5-8(9(11)6-12)3-4-10(13)14;1-6(2)12-3-7(9(10,11)5-12)15-4-8(13)14/h2*8H,4-7H2,1-3H3,(H,15,16);2*8-9H,4-7H2,1-3H3,(H,14,15);2*3-4,7-8H,5-6H2,1-2H3,(H,14,15);2*3-4,7-9H,5-6H2,1-2H3,(H,13,14);6-7H,3-5H2,1-2H3,(H,13,14)/b;;;;4*4-3+;.